The van der Waals surface area contributed by atoms with E-state index in [1.807, 2.05) is 30.3 Å². The lowest BCUT2D eigenvalue weighted by Crippen LogP contribution is -2.28. The number of hydrogen-bond donors (Lipinski definition) is 1. The van der Waals surface area contributed by atoms with Gasteiger partial charge in [-0.1, -0.05) is 36.9 Å². The zero-order chi connectivity index (χ0) is 20.1. The first-order valence-corrected chi connectivity index (χ1v) is 8.67. The normalized spacial score (nSPS) is 11.9. The quantitative estimate of drug-likeness (QED) is 0.363. The summed E-state index contributed by atoms with van der Waals surface area (Å²) in [5, 5.41) is 12.7. The molecule has 3 rings (SSSR count). The number of hydrogen-bond acceptors (Lipinski definition) is 5. The number of rotatable bonds is 8. The highest BCUT2D eigenvalue weighted by Gasteiger charge is 2.17. The van der Waals surface area contributed by atoms with Crippen LogP contribution in [0.4, 0.5) is 0 Å². The molecule has 0 amide bonds. The maximum Gasteiger partial charge on any atom is 0.335 e. The van der Waals surface area contributed by atoms with Crippen molar-refractivity contribution < 1.29 is 28.9 Å². The number of fused-ring (bicyclic) bond motifs is 2. The molecule has 0 fully saturated rings. The van der Waals surface area contributed by atoms with Crippen molar-refractivity contribution in [3.63, 3.8) is 0 Å². The van der Waals surface area contributed by atoms with Crippen LogP contribution in [0.1, 0.15) is 10.4 Å². The van der Waals surface area contributed by atoms with Gasteiger partial charge in [0.2, 0.25) is 0 Å². The topological polar surface area (TPSA) is 82.1 Å². The van der Waals surface area contributed by atoms with Gasteiger partial charge in [0.05, 0.1) is 12.2 Å². The number of benzene rings is 3. The molecule has 0 aliphatic carbocycles. The SMILES string of the molecule is C=CC(=O)OC(COC)COc1c2ccccc2cc2ccc(C(=O)O)cc12. The number of esters is 1. The van der Waals surface area contributed by atoms with Gasteiger partial charge in [0.25, 0.3) is 0 Å². The molecule has 144 valence electrons. The summed E-state index contributed by atoms with van der Waals surface area (Å²) in [6.07, 6.45) is 0.446. The Morgan fingerprint density at radius 1 is 1.07 bits per heavy atom. The van der Waals surface area contributed by atoms with Crippen LogP contribution in [0, 0.1) is 0 Å². The number of ether oxygens (including phenoxy) is 3. The smallest absolute Gasteiger partial charge is 0.335 e. The van der Waals surface area contributed by atoms with E-state index in [4.69, 9.17) is 14.2 Å². The van der Waals surface area contributed by atoms with Crippen molar-refractivity contribution in [3.05, 3.63) is 66.7 Å². The third kappa shape index (κ3) is 4.13. The highest BCUT2D eigenvalue weighted by Crippen LogP contribution is 2.35. The fraction of sp³-hybridized carbons (Fsp3) is 0.182. The van der Waals surface area contributed by atoms with Crippen LogP contribution in [0.25, 0.3) is 21.5 Å². The van der Waals surface area contributed by atoms with E-state index in [-0.39, 0.29) is 18.8 Å². The number of carboxylic acids is 1. The van der Waals surface area contributed by atoms with Crippen molar-refractivity contribution in [2.75, 3.05) is 20.3 Å². The van der Waals surface area contributed by atoms with Gasteiger partial charge in [-0.15, -0.1) is 0 Å². The van der Waals surface area contributed by atoms with E-state index in [2.05, 4.69) is 6.58 Å². The van der Waals surface area contributed by atoms with Gasteiger partial charge >= 0.3 is 11.9 Å². The first kappa shape index (κ1) is 19.4. The van der Waals surface area contributed by atoms with Crippen LogP contribution in [0.5, 0.6) is 5.75 Å². The molecule has 0 aliphatic heterocycles. The summed E-state index contributed by atoms with van der Waals surface area (Å²) in [6, 6.07) is 14.5. The fourth-order valence-corrected chi connectivity index (χ4v) is 3.00. The molecular weight excluding hydrogens is 360 g/mol. The molecule has 3 aromatic rings. The minimum Gasteiger partial charge on any atom is -0.488 e. The van der Waals surface area contributed by atoms with Crippen LogP contribution < -0.4 is 4.74 Å². The molecule has 0 saturated carbocycles. The van der Waals surface area contributed by atoms with Gasteiger partial charge in [-0.05, 0) is 29.0 Å². The van der Waals surface area contributed by atoms with E-state index in [1.54, 1.807) is 18.2 Å². The third-order valence-electron chi connectivity index (χ3n) is 4.28. The molecule has 6 nitrogen and oxygen atoms in total. The maximum absolute atomic E-state index is 11.5. The number of carbonyl (C=O) groups is 2. The molecule has 1 atom stereocenters. The Labute approximate surface area is 161 Å². The molecule has 6 heteroatoms. The van der Waals surface area contributed by atoms with Crippen molar-refractivity contribution in [1.82, 2.24) is 0 Å². The molecule has 0 radical (unpaired) electrons. The second kappa shape index (κ2) is 8.54. The first-order chi connectivity index (χ1) is 13.5. The van der Waals surface area contributed by atoms with Gasteiger partial charge in [0.15, 0.2) is 6.10 Å². The van der Waals surface area contributed by atoms with Gasteiger partial charge in [-0.2, -0.15) is 0 Å². The van der Waals surface area contributed by atoms with E-state index in [0.29, 0.717) is 11.1 Å². The largest absolute Gasteiger partial charge is 0.488 e. The van der Waals surface area contributed by atoms with Crippen molar-refractivity contribution >= 4 is 33.5 Å². The second-order valence-electron chi connectivity index (χ2n) is 6.20. The lowest BCUT2D eigenvalue weighted by atomic mass is 10.00. The molecule has 0 aromatic heterocycles. The Kier molecular flexibility index (Phi) is 5.91. The fourth-order valence-electron chi connectivity index (χ4n) is 3.00. The highest BCUT2D eigenvalue weighted by atomic mass is 16.6. The number of carboxylic acid groups (broad SMARTS) is 1. The summed E-state index contributed by atoms with van der Waals surface area (Å²) in [5.41, 5.74) is 0.166. The summed E-state index contributed by atoms with van der Waals surface area (Å²) in [5.74, 6) is -1.05. The van der Waals surface area contributed by atoms with Gasteiger partial charge in [0, 0.05) is 24.0 Å². The van der Waals surface area contributed by atoms with Crippen LogP contribution in [-0.2, 0) is 14.3 Å². The number of aromatic carboxylic acids is 1. The third-order valence-corrected chi connectivity index (χ3v) is 4.28. The molecule has 1 unspecified atom stereocenters. The van der Waals surface area contributed by atoms with Crippen molar-refractivity contribution in [1.29, 1.82) is 0 Å². The maximum atomic E-state index is 11.5. The predicted octanol–water partition coefficient (Wildman–Crippen LogP) is 3.81. The molecule has 3 aromatic carbocycles. The molecule has 0 saturated heterocycles. The minimum absolute atomic E-state index is 0.0494. The van der Waals surface area contributed by atoms with E-state index in [1.165, 1.54) is 7.11 Å². The van der Waals surface area contributed by atoms with Crippen LogP contribution in [-0.4, -0.2) is 43.5 Å². The van der Waals surface area contributed by atoms with E-state index >= 15 is 0 Å². The zero-order valence-corrected chi connectivity index (χ0v) is 15.4. The van der Waals surface area contributed by atoms with E-state index < -0.39 is 18.0 Å². The molecule has 0 heterocycles. The lowest BCUT2D eigenvalue weighted by Gasteiger charge is -2.19. The summed E-state index contributed by atoms with van der Waals surface area (Å²) >= 11 is 0. The minimum atomic E-state index is -1.02. The van der Waals surface area contributed by atoms with Gasteiger partial charge in [-0.25, -0.2) is 9.59 Å². The van der Waals surface area contributed by atoms with E-state index in [0.717, 1.165) is 22.2 Å². The molecule has 0 bridgehead atoms. The average molecular weight is 380 g/mol. The molecular formula is C22H20O6. The molecule has 0 spiro atoms. The van der Waals surface area contributed by atoms with Gasteiger partial charge < -0.3 is 19.3 Å². The Bertz CT molecular complexity index is 1040. The van der Waals surface area contributed by atoms with Crippen molar-refractivity contribution in [3.8, 4) is 5.75 Å². The first-order valence-electron chi connectivity index (χ1n) is 8.67. The van der Waals surface area contributed by atoms with Gasteiger partial charge in [0.1, 0.15) is 12.4 Å². The predicted molar refractivity (Wildman–Crippen MR) is 106 cm³/mol. The Balaban J connectivity index is 2.04. The highest BCUT2D eigenvalue weighted by molar-refractivity contribution is 6.07. The van der Waals surface area contributed by atoms with E-state index in [9.17, 15) is 14.7 Å². The summed E-state index contributed by atoms with van der Waals surface area (Å²) in [7, 11) is 1.50. The van der Waals surface area contributed by atoms with Crippen LogP contribution in [0.3, 0.4) is 0 Å². The van der Waals surface area contributed by atoms with Crippen LogP contribution >= 0.6 is 0 Å². The molecule has 28 heavy (non-hydrogen) atoms. The van der Waals surface area contributed by atoms with Crippen LogP contribution in [0.15, 0.2) is 61.2 Å². The zero-order valence-electron chi connectivity index (χ0n) is 15.4. The second-order valence-corrected chi connectivity index (χ2v) is 6.20. The average Bonchev–Trinajstić information content (AvgIpc) is 2.70. The number of methoxy groups -OCH3 is 1. The summed E-state index contributed by atoms with van der Waals surface area (Å²) in [4.78, 5) is 22.9. The summed E-state index contributed by atoms with van der Waals surface area (Å²) < 4.78 is 16.4. The monoisotopic (exact) mass is 380 g/mol. The number of carbonyl (C=O) groups excluding carboxylic acids is 1. The Morgan fingerprint density at radius 3 is 2.54 bits per heavy atom. The molecule has 1 N–H and O–H groups in total. The standard InChI is InChI=1S/C22H20O6/c1-3-20(23)28-17(12-26-2)13-27-21-18-7-5-4-6-14(18)10-15-8-9-16(22(24)25)11-19(15)21/h3-11,17H,1,12-13H2,2H3,(H,24,25). The van der Waals surface area contributed by atoms with Crippen molar-refractivity contribution in [2.24, 2.45) is 0 Å². The van der Waals surface area contributed by atoms with Crippen molar-refractivity contribution in [2.45, 2.75) is 6.10 Å². The Hall–Kier alpha value is -3.38. The summed E-state index contributed by atoms with van der Waals surface area (Å²) in [6.45, 7) is 3.59. The van der Waals surface area contributed by atoms with Gasteiger partial charge in [-0.3, -0.25) is 0 Å². The lowest BCUT2D eigenvalue weighted by molar-refractivity contribution is -0.147. The Morgan fingerprint density at radius 2 is 1.82 bits per heavy atom. The molecule has 0 aliphatic rings. The van der Waals surface area contributed by atoms with Crippen LogP contribution in [0.2, 0.25) is 0 Å².